The Morgan fingerprint density at radius 3 is 2.67 bits per heavy atom. The molecule has 0 heterocycles. The van der Waals surface area contributed by atoms with Crippen LogP contribution >= 0.6 is 54.5 Å². The number of hydrogen-bond donors (Lipinski definition) is 2. The van der Waals surface area contributed by atoms with Crippen LogP contribution in [0, 0.1) is 3.57 Å². The standard InChI is InChI=1S/C13H10Br2INO/c14-9-1-4-13(18)8(5-9)7-17-12-6-10(16)2-3-11(12)15/h1-6,17-18H,7H2. The first-order valence-corrected chi connectivity index (χ1v) is 7.89. The number of benzene rings is 2. The van der Waals surface area contributed by atoms with Gasteiger partial charge in [-0.1, -0.05) is 15.9 Å². The van der Waals surface area contributed by atoms with E-state index in [0.717, 1.165) is 23.8 Å². The van der Waals surface area contributed by atoms with Crippen LogP contribution in [0.5, 0.6) is 5.75 Å². The maximum Gasteiger partial charge on any atom is 0.120 e. The van der Waals surface area contributed by atoms with Crippen LogP contribution in [0.1, 0.15) is 5.56 Å². The molecule has 2 aromatic rings. The van der Waals surface area contributed by atoms with Gasteiger partial charge in [-0.3, -0.25) is 0 Å². The van der Waals surface area contributed by atoms with Crippen molar-refractivity contribution in [2.24, 2.45) is 0 Å². The highest BCUT2D eigenvalue weighted by atomic mass is 127. The Balaban J connectivity index is 2.16. The van der Waals surface area contributed by atoms with Crippen molar-refractivity contribution in [3.8, 4) is 5.75 Å². The maximum atomic E-state index is 9.76. The predicted molar refractivity (Wildman–Crippen MR) is 90.0 cm³/mol. The maximum absolute atomic E-state index is 9.76. The van der Waals surface area contributed by atoms with E-state index in [9.17, 15) is 5.11 Å². The quantitative estimate of drug-likeness (QED) is 0.594. The summed E-state index contributed by atoms with van der Waals surface area (Å²) in [5.74, 6) is 0.299. The lowest BCUT2D eigenvalue weighted by molar-refractivity contribution is 0.469. The fourth-order valence-corrected chi connectivity index (χ4v) is 2.81. The molecule has 2 N–H and O–H groups in total. The van der Waals surface area contributed by atoms with Gasteiger partial charge in [0.15, 0.2) is 0 Å². The molecule has 2 nitrogen and oxygen atoms in total. The molecule has 0 amide bonds. The molecule has 18 heavy (non-hydrogen) atoms. The van der Waals surface area contributed by atoms with E-state index in [2.05, 4.69) is 65.8 Å². The number of aromatic hydroxyl groups is 1. The van der Waals surface area contributed by atoms with E-state index in [4.69, 9.17) is 0 Å². The predicted octanol–water partition coefficient (Wildman–Crippen LogP) is 5.13. The van der Waals surface area contributed by atoms with E-state index >= 15 is 0 Å². The number of phenolic OH excluding ortho intramolecular Hbond substituents is 1. The second-order valence-corrected chi connectivity index (χ2v) is 6.77. The molecule has 2 rings (SSSR count). The third kappa shape index (κ3) is 3.61. The Kier molecular flexibility index (Phi) is 4.91. The summed E-state index contributed by atoms with van der Waals surface area (Å²) < 4.78 is 3.13. The minimum atomic E-state index is 0.299. The monoisotopic (exact) mass is 481 g/mol. The highest BCUT2D eigenvalue weighted by molar-refractivity contribution is 14.1. The van der Waals surface area contributed by atoms with E-state index < -0.39 is 0 Å². The van der Waals surface area contributed by atoms with E-state index in [1.165, 1.54) is 0 Å². The number of phenols is 1. The van der Waals surface area contributed by atoms with Crippen LogP contribution in [0.4, 0.5) is 5.69 Å². The van der Waals surface area contributed by atoms with Crippen LogP contribution in [0.2, 0.25) is 0 Å². The Labute approximate surface area is 136 Å². The molecule has 2 aromatic carbocycles. The fraction of sp³-hybridized carbons (Fsp3) is 0.0769. The van der Waals surface area contributed by atoms with Gasteiger partial charge in [-0.05, 0) is 74.9 Å². The lowest BCUT2D eigenvalue weighted by Gasteiger charge is -2.10. The van der Waals surface area contributed by atoms with Crippen molar-refractivity contribution in [3.05, 3.63) is 54.5 Å². The first-order valence-electron chi connectivity index (χ1n) is 5.22. The molecule has 0 bridgehead atoms. The van der Waals surface area contributed by atoms with E-state index in [1.54, 1.807) is 6.07 Å². The molecule has 0 atom stereocenters. The molecule has 0 fully saturated rings. The van der Waals surface area contributed by atoms with Gasteiger partial charge in [0.2, 0.25) is 0 Å². The van der Waals surface area contributed by atoms with Crippen LogP contribution in [-0.2, 0) is 6.54 Å². The third-order valence-corrected chi connectivity index (χ3v) is 4.29. The summed E-state index contributed by atoms with van der Waals surface area (Å²) in [6.07, 6.45) is 0. The molecule has 0 aliphatic heterocycles. The molecule has 0 saturated carbocycles. The van der Waals surface area contributed by atoms with Gasteiger partial charge in [0.25, 0.3) is 0 Å². The van der Waals surface area contributed by atoms with E-state index in [1.807, 2.05) is 24.3 Å². The Morgan fingerprint density at radius 2 is 1.89 bits per heavy atom. The summed E-state index contributed by atoms with van der Waals surface area (Å²) in [4.78, 5) is 0. The van der Waals surface area contributed by atoms with Crippen molar-refractivity contribution in [2.45, 2.75) is 6.54 Å². The van der Waals surface area contributed by atoms with Crippen molar-refractivity contribution < 1.29 is 5.11 Å². The summed E-state index contributed by atoms with van der Waals surface area (Å²) >= 11 is 9.17. The smallest absolute Gasteiger partial charge is 0.120 e. The van der Waals surface area contributed by atoms with Crippen LogP contribution in [0.25, 0.3) is 0 Å². The zero-order chi connectivity index (χ0) is 13.1. The van der Waals surface area contributed by atoms with Crippen molar-refractivity contribution in [1.29, 1.82) is 0 Å². The van der Waals surface area contributed by atoms with Gasteiger partial charge < -0.3 is 10.4 Å². The number of rotatable bonds is 3. The summed E-state index contributed by atoms with van der Waals surface area (Å²) in [7, 11) is 0. The average molecular weight is 483 g/mol. The van der Waals surface area contributed by atoms with Gasteiger partial charge in [0.1, 0.15) is 5.75 Å². The Morgan fingerprint density at radius 1 is 1.11 bits per heavy atom. The van der Waals surface area contributed by atoms with Crippen LogP contribution < -0.4 is 5.32 Å². The van der Waals surface area contributed by atoms with Crippen molar-refractivity contribution in [3.63, 3.8) is 0 Å². The number of halogens is 3. The number of hydrogen-bond acceptors (Lipinski definition) is 2. The molecule has 94 valence electrons. The van der Waals surface area contributed by atoms with Gasteiger partial charge >= 0.3 is 0 Å². The Hall–Kier alpha value is -0.270. The van der Waals surface area contributed by atoms with Gasteiger partial charge in [-0.25, -0.2) is 0 Å². The fourth-order valence-electron chi connectivity index (χ4n) is 1.52. The summed E-state index contributed by atoms with van der Waals surface area (Å²) in [6, 6.07) is 11.5. The van der Waals surface area contributed by atoms with Crippen LogP contribution in [0.3, 0.4) is 0 Å². The average Bonchev–Trinajstić information content (AvgIpc) is 2.34. The second kappa shape index (κ2) is 6.25. The largest absolute Gasteiger partial charge is 0.508 e. The second-order valence-electron chi connectivity index (χ2n) is 3.75. The lowest BCUT2D eigenvalue weighted by atomic mass is 10.2. The topological polar surface area (TPSA) is 32.3 Å². The first-order chi connectivity index (χ1) is 8.56. The highest BCUT2D eigenvalue weighted by Crippen LogP contribution is 2.27. The Bertz CT molecular complexity index is 523. The summed E-state index contributed by atoms with van der Waals surface area (Å²) in [5, 5.41) is 13.1. The van der Waals surface area contributed by atoms with Crippen molar-refractivity contribution >= 4 is 60.1 Å². The van der Waals surface area contributed by atoms with Crippen LogP contribution in [-0.4, -0.2) is 5.11 Å². The number of anilines is 1. The number of nitrogens with one attached hydrogen (secondary N) is 1. The zero-order valence-corrected chi connectivity index (χ0v) is 14.6. The molecule has 5 heteroatoms. The SMILES string of the molecule is Oc1ccc(Br)cc1CNc1cc(I)ccc1Br. The zero-order valence-electron chi connectivity index (χ0n) is 9.25. The summed E-state index contributed by atoms with van der Waals surface area (Å²) in [5.41, 5.74) is 1.87. The molecular formula is C13H10Br2INO. The molecule has 0 saturated heterocycles. The minimum Gasteiger partial charge on any atom is -0.508 e. The third-order valence-electron chi connectivity index (χ3n) is 2.44. The molecule has 0 unspecified atom stereocenters. The van der Waals surface area contributed by atoms with E-state index in [0.29, 0.717) is 12.3 Å². The molecular weight excluding hydrogens is 473 g/mol. The molecule has 0 aromatic heterocycles. The van der Waals surface area contributed by atoms with Gasteiger partial charge in [-0.15, -0.1) is 0 Å². The van der Waals surface area contributed by atoms with Gasteiger partial charge in [-0.2, -0.15) is 0 Å². The normalized spacial score (nSPS) is 10.4. The molecule has 0 radical (unpaired) electrons. The lowest BCUT2D eigenvalue weighted by Crippen LogP contribution is -2.00. The van der Waals surface area contributed by atoms with Crippen molar-refractivity contribution in [1.82, 2.24) is 0 Å². The van der Waals surface area contributed by atoms with Gasteiger partial charge in [0, 0.05) is 30.3 Å². The van der Waals surface area contributed by atoms with Crippen molar-refractivity contribution in [2.75, 3.05) is 5.32 Å². The first kappa shape index (κ1) is 14.1. The molecule has 0 aliphatic rings. The highest BCUT2D eigenvalue weighted by Gasteiger charge is 2.04. The minimum absolute atomic E-state index is 0.299. The molecule has 0 spiro atoms. The summed E-state index contributed by atoms with van der Waals surface area (Å²) in [6.45, 7) is 0.573. The van der Waals surface area contributed by atoms with Crippen LogP contribution in [0.15, 0.2) is 45.3 Å². The van der Waals surface area contributed by atoms with Gasteiger partial charge in [0.05, 0.1) is 0 Å². The van der Waals surface area contributed by atoms with E-state index in [-0.39, 0.29) is 0 Å². The molecule has 0 aliphatic carbocycles.